The van der Waals surface area contributed by atoms with Crippen molar-refractivity contribution in [2.75, 3.05) is 11.9 Å². The largest absolute Gasteiger partial charge is 0.480 e. The molecule has 4 fully saturated rings. The summed E-state index contributed by atoms with van der Waals surface area (Å²) in [7, 11) is 0. The van der Waals surface area contributed by atoms with Crippen molar-refractivity contribution in [2.45, 2.75) is 95.2 Å². The number of allylic oxidation sites excluding steroid dienone is 1. The molecule has 7 N–H and O–H groups in total. The Bertz CT molecular complexity index is 1950. The SMILES string of the molecule is Cc1c(C/C=C(\C(=C/N)CNC2(C(=O)O)CC2)C2CC2)cccc1-c1cccc(NC(=O)c2cc(C3CC3)c(CNC3(C(=O)O)CC3)cn2)c1C. The van der Waals surface area contributed by atoms with Crippen LogP contribution in [0.15, 0.2) is 72.1 Å². The summed E-state index contributed by atoms with van der Waals surface area (Å²) in [5, 5.41) is 28.7. The number of nitrogens with one attached hydrogen (secondary N) is 3. The van der Waals surface area contributed by atoms with E-state index in [0.717, 1.165) is 76.7 Å². The maximum absolute atomic E-state index is 13.6. The quantitative estimate of drug-likeness (QED) is 0.0970. The molecule has 1 aromatic heterocycles. The molecule has 4 saturated carbocycles. The predicted octanol–water partition coefficient (Wildman–Crippen LogP) is 6.13. The van der Waals surface area contributed by atoms with Crippen molar-refractivity contribution in [2.24, 2.45) is 11.7 Å². The van der Waals surface area contributed by atoms with Gasteiger partial charge in [0.25, 0.3) is 5.91 Å². The van der Waals surface area contributed by atoms with Crippen LogP contribution in [0, 0.1) is 19.8 Å². The molecule has 266 valence electrons. The fraction of sp³-hybridized carbons (Fsp3) is 0.415. The van der Waals surface area contributed by atoms with Crippen LogP contribution >= 0.6 is 0 Å². The molecule has 0 aliphatic heterocycles. The Hall–Kier alpha value is -4.80. The average molecular weight is 690 g/mol. The highest BCUT2D eigenvalue weighted by atomic mass is 16.4. The molecule has 0 atom stereocenters. The second-order valence-corrected chi connectivity index (χ2v) is 14.9. The maximum atomic E-state index is 13.6. The second kappa shape index (κ2) is 13.7. The van der Waals surface area contributed by atoms with Gasteiger partial charge >= 0.3 is 11.9 Å². The van der Waals surface area contributed by atoms with Gasteiger partial charge in [-0.3, -0.25) is 30.0 Å². The molecule has 0 radical (unpaired) electrons. The van der Waals surface area contributed by atoms with Crippen molar-refractivity contribution in [1.82, 2.24) is 15.6 Å². The normalized spacial score (nSPS) is 19.0. The smallest absolute Gasteiger partial charge is 0.323 e. The predicted molar refractivity (Wildman–Crippen MR) is 196 cm³/mol. The monoisotopic (exact) mass is 689 g/mol. The van der Waals surface area contributed by atoms with Gasteiger partial charge in [-0.1, -0.05) is 36.4 Å². The van der Waals surface area contributed by atoms with Crippen LogP contribution in [0.4, 0.5) is 5.69 Å². The number of carboxylic acid groups (broad SMARTS) is 2. The first-order valence-corrected chi connectivity index (χ1v) is 18.1. The van der Waals surface area contributed by atoms with Crippen molar-refractivity contribution in [3.8, 4) is 11.1 Å². The number of nitrogens with two attached hydrogens (primary N) is 1. The molecule has 0 spiro atoms. The molecule has 2 aromatic carbocycles. The molecule has 3 aromatic rings. The van der Waals surface area contributed by atoms with Gasteiger partial charge < -0.3 is 21.3 Å². The zero-order valence-electron chi connectivity index (χ0n) is 29.4. The zero-order valence-corrected chi connectivity index (χ0v) is 29.4. The number of nitrogens with zero attached hydrogens (tertiary/aromatic N) is 1. The summed E-state index contributed by atoms with van der Waals surface area (Å²) in [6, 6.07) is 14.1. The van der Waals surface area contributed by atoms with Gasteiger partial charge in [0, 0.05) is 25.0 Å². The van der Waals surface area contributed by atoms with E-state index >= 15 is 0 Å². The van der Waals surface area contributed by atoms with Crippen molar-refractivity contribution >= 4 is 23.5 Å². The van der Waals surface area contributed by atoms with Crippen molar-refractivity contribution in [1.29, 1.82) is 0 Å². The van der Waals surface area contributed by atoms with Gasteiger partial charge in [-0.05, 0) is 152 Å². The molecule has 7 rings (SSSR count). The number of rotatable bonds is 16. The lowest BCUT2D eigenvalue weighted by Gasteiger charge is -2.18. The highest BCUT2D eigenvalue weighted by Crippen LogP contribution is 2.44. The highest BCUT2D eigenvalue weighted by Gasteiger charge is 2.50. The summed E-state index contributed by atoms with van der Waals surface area (Å²) < 4.78 is 0. The third-order valence-electron chi connectivity index (χ3n) is 11.3. The molecular formula is C41H47N5O5. The third kappa shape index (κ3) is 7.34. The van der Waals surface area contributed by atoms with Crippen LogP contribution in [-0.2, 0) is 22.6 Å². The van der Waals surface area contributed by atoms with Crippen LogP contribution in [0.3, 0.4) is 0 Å². The number of carbonyl (C=O) groups is 3. The van der Waals surface area contributed by atoms with E-state index in [2.05, 4.69) is 58.2 Å². The van der Waals surface area contributed by atoms with Gasteiger partial charge in [0.15, 0.2) is 0 Å². The summed E-state index contributed by atoms with van der Waals surface area (Å²) >= 11 is 0. The first-order valence-electron chi connectivity index (χ1n) is 18.1. The third-order valence-corrected chi connectivity index (χ3v) is 11.3. The number of benzene rings is 2. The molecular weight excluding hydrogens is 642 g/mol. The van der Waals surface area contributed by atoms with E-state index in [0.29, 0.717) is 56.3 Å². The Kier molecular flexibility index (Phi) is 9.32. The van der Waals surface area contributed by atoms with Crippen LogP contribution in [0.5, 0.6) is 0 Å². The van der Waals surface area contributed by atoms with Crippen LogP contribution in [-0.4, -0.2) is 50.7 Å². The molecule has 10 nitrogen and oxygen atoms in total. The topological polar surface area (TPSA) is 167 Å². The molecule has 0 saturated heterocycles. The molecule has 4 aliphatic carbocycles. The van der Waals surface area contributed by atoms with Gasteiger partial charge in [-0.25, -0.2) is 0 Å². The van der Waals surface area contributed by atoms with E-state index < -0.39 is 23.0 Å². The van der Waals surface area contributed by atoms with Gasteiger partial charge in [0.05, 0.1) is 0 Å². The number of pyridine rings is 1. The number of carbonyl (C=O) groups excluding carboxylic acids is 1. The Morgan fingerprint density at radius 3 is 2.14 bits per heavy atom. The number of carboxylic acids is 2. The van der Waals surface area contributed by atoms with E-state index in [1.807, 2.05) is 25.1 Å². The molecule has 4 aliphatic rings. The number of anilines is 1. The Morgan fingerprint density at radius 2 is 1.53 bits per heavy atom. The number of aromatic nitrogens is 1. The minimum absolute atomic E-state index is 0.279. The van der Waals surface area contributed by atoms with E-state index in [-0.39, 0.29) is 5.91 Å². The van der Waals surface area contributed by atoms with Crippen LogP contribution in [0.1, 0.15) is 95.6 Å². The fourth-order valence-corrected chi connectivity index (χ4v) is 7.13. The Morgan fingerprint density at radius 1 is 0.882 bits per heavy atom. The first kappa shape index (κ1) is 34.6. The minimum atomic E-state index is -0.833. The van der Waals surface area contributed by atoms with Crippen molar-refractivity contribution < 1.29 is 24.6 Å². The highest BCUT2D eigenvalue weighted by molar-refractivity contribution is 6.04. The van der Waals surface area contributed by atoms with Gasteiger partial charge in [0.1, 0.15) is 16.8 Å². The molecule has 0 unspecified atom stereocenters. The van der Waals surface area contributed by atoms with E-state index in [1.165, 1.54) is 11.1 Å². The Balaban J connectivity index is 1.07. The lowest BCUT2D eigenvalue weighted by molar-refractivity contribution is -0.141. The average Bonchev–Trinajstić information content (AvgIpc) is 3.91. The summed E-state index contributed by atoms with van der Waals surface area (Å²) in [4.78, 5) is 41.4. The first-order chi connectivity index (χ1) is 24.5. The van der Waals surface area contributed by atoms with Crippen LogP contribution in [0.25, 0.3) is 11.1 Å². The molecule has 1 amide bonds. The molecule has 1 heterocycles. The van der Waals surface area contributed by atoms with Gasteiger partial charge in [0.2, 0.25) is 0 Å². The fourth-order valence-electron chi connectivity index (χ4n) is 7.13. The number of amides is 1. The van der Waals surface area contributed by atoms with Gasteiger partial charge in [-0.15, -0.1) is 0 Å². The summed E-state index contributed by atoms with van der Waals surface area (Å²) in [5.74, 6) is -1.08. The minimum Gasteiger partial charge on any atom is -0.480 e. The number of hydrogen-bond acceptors (Lipinski definition) is 7. The zero-order chi connectivity index (χ0) is 35.9. The van der Waals surface area contributed by atoms with Crippen LogP contribution < -0.4 is 21.7 Å². The maximum Gasteiger partial charge on any atom is 0.323 e. The van der Waals surface area contributed by atoms with E-state index in [1.54, 1.807) is 12.4 Å². The number of aliphatic carboxylic acids is 2. The standard InChI is InChI=1S/C41H47N5O5/c1-24-26(13-14-33(27-9-10-27)29(20-42)22-44-40(15-16-40)38(48)49)5-3-6-31(24)32-7-4-8-35(25(32)2)46-37(47)36-19-34(28-11-12-28)30(21-43-36)23-45-41(17-18-41)39(50)51/h3-8,14,19-21,27-28,44-45H,9-13,15-18,22-23,42H2,1-2H3,(H,46,47)(H,48,49)(H,50,51)/b29-20-,33-14-. The lowest BCUT2D eigenvalue weighted by atomic mass is 9.91. The second-order valence-electron chi connectivity index (χ2n) is 14.9. The van der Waals surface area contributed by atoms with Crippen molar-refractivity contribution in [3.05, 3.63) is 106 Å². The molecule has 51 heavy (non-hydrogen) atoms. The lowest BCUT2D eigenvalue weighted by Crippen LogP contribution is -2.40. The van der Waals surface area contributed by atoms with E-state index in [4.69, 9.17) is 5.73 Å². The number of hydrogen-bond donors (Lipinski definition) is 6. The summed E-state index contributed by atoms with van der Waals surface area (Å²) in [5.41, 5.74) is 15.1. The van der Waals surface area contributed by atoms with E-state index in [9.17, 15) is 24.6 Å². The van der Waals surface area contributed by atoms with Crippen molar-refractivity contribution in [3.63, 3.8) is 0 Å². The van der Waals surface area contributed by atoms with Gasteiger partial charge in [-0.2, -0.15) is 0 Å². The molecule has 10 heteroatoms. The summed E-state index contributed by atoms with van der Waals surface area (Å²) in [6.07, 6.45) is 13.2. The molecule has 0 bridgehead atoms. The summed E-state index contributed by atoms with van der Waals surface area (Å²) in [6.45, 7) is 5.01. The Labute approximate surface area is 298 Å². The van der Waals surface area contributed by atoms with Crippen LogP contribution in [0.2, 0.25) is 0 Å².